The van der Waals surface area contributed by atoms with Crippen LogP contribution in [0, 0.1) is 6.92 Å². The Hall–Kier alpha value is -3.29. The van der Waals surface area contributed by atoms with E-state index in [1.54, 1.807) is 24.4 Å². The number of hydrogen-bond donors (Lipinski definition) is 2. The fourth-order valence-corrected chi connectivity index (χ4v) is 3.06. The van der Waals surface area contributed by atoms with Gasteiger partial charge in [-0.2, -0.15) is 0 Å². The number of carbonyl (C=O) groups is 1. The average Bonchev–Trinajstić information content (AvgIpc) is 2.99. The molecular formula is C17H17N5O3. The Morgan fingerprint density at radius 1 is 1.40 bits per heavy atom. The van der Waals surface area contributed by atoms with Gasteiger partial charge in [-0.1, -0.05) is 6.92 Å². The van der Waals surface area contributed by atoms with Crippen LogP contribution in [0.4, 0.5) is 5.82 Å². The molecule has 4 rings (SSSR count). The van der Waals surface area contributed by atoms with Gasteiger partial charge in [0.15, 0.2) is 5.82 Å². The molecule has 0 aliphatic carbocycles. The average molecular weight is 339 g/mol. The van der Waals surface area contributed by atoms with Crippen LogP contribution >= 0.6 is 0 Å². The lowest BCUT2D eigenvalue weighted by atomic mass is 10.2. The van der Waals surface area contributed by atoms with Crippen LogP contribution in [0.15, 0.2) is 29.2 Å². The van der Waals surface area contributed by atoms with E-state index in [1.165, 1.54) is 11.0 Å². The van der Waals surface area contributed by atoms with Crippen molar-refractivity contribution in [2.45, 2.75) is 20.4 Å². The maximum Gasteiger partial charge on any atom is 0.282 e. The maximum absolute atomic E-state index is 12.6. The predicted octanol–water partition coefficient (Wildman–Crippen LogP) is 0.715. The summed E-state index contributed by atoms with van der Waals surface area (Å²) in [6, 6.07) is 5.30. The zero-order valence-corrected chi connectivity index (χ0v) is 13.9. The van der Waals surface area contributed by atoms with Crippen LogP contribution in [0.3, 0.4) is 0 Å². The van der Waals surface area contributed by atoms with Gasteiger partial charge in [0.2, 0.25) is 11.7 Å². The minimum atomic E-state index is -0.305. The van der Waals surface area contributed by atoms with Gasteiger partial charge in [0.25, 0.3) is 5.56 Å². The van der Waals surface area contributed by atoms with Gasteiger partial charge in [-0.05, 0) is 19.1 Å². The van der Waals surface area contributed by atoms with E-state index in [0.29, 0.717) is 35.3 Å². The number of nitrogens with zero attached hydrogens (tertiary/aromatic N) is 3. The second kappa shape index (κ2) is 5.66. The Morgan fingerprint density at radius 3 is 2.96 bits per heavy atom. The first-order chi connectivity index (χ1) is 12.1. The van der Waals surface area contributed by atoms with Crippen molar-refractivity contribution in [1.29, 1.82) is 0 Å². The molecular weight excluding hydrogens is 322 g/mol. The van der Waals surface area contributed by atoms with Crippen LogP contribution in [0.25, 0.3) is 22.9 Å². The fraction of sp³-hybridized carbons (Fsp3) is 0.235. The molecule has 0 saturated heterocycles. The van der Waals surface area contributed by atoms with Crippen molar-refractivity contribution < 1.29 is 18.7 Å². The first kappa shape index (κ1) is 15.3. The van der Waals surface area contributed by atoms with Gasteiger partial charge in [-0.25, -0.2) is 4.98 Å². The highest BCUT2D eigenvalue weighted by Gasteiger charge is 2.20. The van der Waals surface area contributed by atoms with E-state index in [4.69, 9.17) is 4.74 Å². The van der Waals surface area contributed by atoms with E-state index >= 15 is 0 Å². The number of fused-ring (bicyclic) bond motifs is 2. The van der Waals surface area contributed by atoms with E-state index in [2.05, 4.69) is 15.0 Å². The Kier molecular flexibility index (Phi) is 3.45. The third kappa shape index (κ3) is 2.34. The first-order valence-electron chi connectivity index (χ1n) is 7.98. The number of ether oxygens (including phenoxy) is 1. The maximum atomic E-state index is 12.6. The van der Waals surface area contributed by atoms with Crippen LogP contribution in [0.1, 0.15) is 12.5 Å². The number of amides is 1. The third-order valence-corrected chi connectivity index (χ3v) is 4.25. The molecule has 1 amide bonds. The van der Waals surface area contributed by atoms with E-state index in [9.17, 15) is 9.59 Å². The summed E-state index contributed by atoms with van der Waals surface area (Å²) in [7, 11) is 0. The van der Waals surface area contributed by atoms with Crippen molar-refractivity contribution in [3.63, 3.8) is 0 Å². The van der Waals surface area contributed by atoms with E-state index in [1.807, 2.05) is 18.4 Å². The molecule has 4 heterocycles. The SMILES string of the molecule is CC[n+]1c2[nH]cccc-2c(=O)nc2c(C)c[c-]([N+]3=COCC3=O)[nH][c-]1-2. The number of hydrogen-bond acceptors (Lipinski definition) is 4. The zero-order valence-electron chi connectivity index (χ0n) is 13.9. The summed E-state index contributed by atoms with van der Waals surface area (Å²) < 4.78 is 8.45. The second-order valence-corrected chi connectivity index (χ2v) is 5.81. The molecule has 0 atom stereocenters. The molecule has 0 spiro atoms. The molecule has 2 N–H and O–H groups in total. The predicted molar refractivity (Wildman–Crippen MR) is 88.8 cm³/mol. The molecule has 0 fully saturated rings. The Bertz CT molecular complexity index is 1050. The van der Waals surface area contributed by atoms with Crippen molar-refractivity contribution in [3.8, 4) is 22.9 Å². The van der Waals surface area contributed by atoms with Crippen molar-refractivity contribution in [3.05, 3.63) is 40.3 Å². The molecule has 0 aromatic carbocycles. The minimum absolute atomic E-state index is 0.0148. The minimum Gasteiger partial charge on any atom is -0.538 e. The topological polar surface area (TPSA) is 94.7 Å². The first-order valence-corrected chi connectivity index (χ1v) is 7.98. The standard InChI is InChI=1S/C17H17N5O3/c1-3-21-15-11(5-4-6-18-15)17(24)20-14-10(2)7-12(19-16(14)21)22-9-25-8-13(22)23/h4-7,9,18-19H,3,8H2,1-2H3. The highest BCUT2D eigenvalue weighted by molar-refractivity contribution is 5.79. The lowest BCUT2D eigenvalue weighted by Gasteiger charge is -2.19. The molecule has 4 aliphatic rings. The van der Waals surface area contributed by atoms with E-state index < -0.39 is 0 Å². The van der Waals surface area contributed by atoms with Crippen LogP contribution in [0.2, 0.25) is 0 Å². The van der Waals surface area contributed by atoms with Crippen LogP contribution in [-0.4, -0.2) is 38.4 Å². The number of aromatic amines is 2. The van der Waals surface area contributed by atoms with Crippen molar-refractivity contribution in [2.24, 2.45) is 0 Å². The molecule has 128 valence electrons. The van der Waals surface area contributed by atoms with Crippen molar-refractivity contribution in [2.75, 3.05) is 6.61 Å². The van der Waals surface area contributed by atoms with Gasteiger partial charge in [0.1, 0.15) is 24.4 Å². The summed E-state index contributed by atoms with van der Waals surface area (Å²) in [4.78, 5) is 35.2. The van der Waals surface area contributed by atoms with Gasteiger partial charge in [-0.3, -0.25) is 14.3 Å². The summed E-state index contributed by atoms with van der Waals surface area (Å²) in [5.41, 5.74) is 1.55. The molecule has 0 unspecified atom stereocenters. The smallest absolute Gasteiger partial charge is 0.282 e. The van der Waals surface area contributed by atoms with E-state index in [0.717, 1.165) is 5.56 Å². The van der Waals surface area contributed by atoms with Gasteiger partial charge in [0, 0.05) is 5.69 Å². The molecule has 4 aliphatic heterocycles. The highest BCUT2D eigenvalue weighted by Crippen LogP contribution is 2.24. The van der Waals surface area contributed by atoms with Crippen molar-refractivity contribution >= 4 is 18.1 Å². The number of aryl methyl sites for hydroxylation is 1. The third-order valence-electron chi connectivity index (χ3n) is 4.25. The molecule has 0 saturated carbocycles. The van der Waals surface area contributed by atoms with Crippen molar-refractivity contribution in [1.82, 2.24) is 15.0 Å². The van der Waals surface area contributed by atoms with Gasteiger partial charge in [-0.15, -0.1) is 11.6 Å². The molecule has 0 bridgehead atoms. The van der Waals surface area contributed by atoms with Gasteiger partial charge < -0.3 is 19.1 Å². The normalized spacial score (nSPS) is 14.0. The number of pyridine rings is 2. The molecule has 8 nitrogen and oxygen atoms in total. The fourth-order valence-electron chi connectivity index (χ4n) is 3.06. The Balaban J connectivity index is 2.12. The number of rotatable bonds is 2. The molecule has 0 aromatic heterocycles. The van der Waals surface area contributed by atoms with Crippen LogP contribution in [-0.2, 0) is 16.1 Å². The van der Waals surface area contributed by atoms with Crippen LogP contribution in [0.5, 0.6) is 0 Å². The van der Waals surface area contributed by atoms with Crippen LogP contribution < -0.4 is 10.1 Å². The molecule has 25 heavy (non-hydrogen) atoms. The van der Waals surface area contributed by atoms with E-state index in [-0.39, 0.29) is 18.1 Å². The van der Waals surface area contributed by atoms with Gasteiger partial charge in [0.05, 0.1) is 12.7 Å². The number of carbonyl (C=O) groups excluding carboxylic acids is 1. The molecule has 0 radical (unpaired) electrons. The number of H-pyrrole nitrogens is 2. The zero-order chi connectivity index (χ0) is 17.6. The second-order valence-electron chi connectivity index (χ2n) is 5.81. The monoisotopic (exact) mass is 339 g/mol. The number of aromatic nitrogens is 4. The molecule has 0 aromatic rings. The highest BCUT2D eigenvalue weighted by atomic mass is 16.5. The summed E-state index contributed by atoms with van der Waals surface area (Å²) in [6.07, 6.45) is 3.15. The Morgan fingerprint density at radius 2 is 2.24 bits per heavy atom. The number of nitrogens with one attached hydrogen (secondary N) is 2. The summed E-state index contributed by atoms with van der Waals surface area (Å²) in [5.74, 6) is 1.73. The quantitative estimate of drug-likeness (QED) is 0.531. The van der Waals surface area contributed by atoms with Gasteiger partial charge >= 0.3 is 0 Å². The summed E-state index contributed by atoms with van der Waals surface area (Å²) >= 11 is 0. The lowest BCUT2D eigenvalue weighted by Crippen LogP contribution is -2.39. The summed E-state index contributed by atoms with van der Waals surface area (Å²) in [5, 5.41) is 0. The largest absolute Gasteiger partial charge is 0.538 e. The Labute approximate surface area is 142 Å². The summed E-state index contributed by atoms with van der Waals surface area (Å²) in [6.45, 7) is 4.47. The lowest BCUT2D eigenvalue weighted by molar-refractivity contribution is -0.676. The molecule has 8 heteroatoms.